The second-order valence-electron chi connectivity index (χ2n) is 6.91. The largest absolute Gasteiger partial charge is 0.497 e. The van der Waals surface area contributed by atoms with Gasteiger partial charge in [-0.25, -0.2) is 0 Å². The Balaban J connectivity index is 1.95. The van der Waals surface area contributed by atoms with Crippen molar-refractivity contribution in [2.75, 3.05) is 18.6 Å². The molecule has 0 spiro atoms. The van der Waals surface area contributed by atoms with E-state index in [1.807, 2.05) is 36.4 Å². The van der Waals surface area contributed by atoms with Crippen molar-refractivity contribution in [3.63, 3.8) is 0 Å². The van der Waals surface area contributed by atoms with Crippen molar-refractivity contribution in [1.29, 1.82) is 0 Å². The van der Waals surface area contributed by atoms with Gasteiger partial charge in [-0.05, 0) is 60.6 Å². The minimum atomic E-state index is 0.791. The van der Waals surface area contributed by atoms with Crippen molar-refractivity contribution in [3.8, 4) is 5.75 Å². The molecule has 3 rings (SSSR count). The van der Waals surface area contributed by atoms with E-state index in [-0.39, 0.29) is 0 Å². The van der Waals surface area contributed by atoms with Gasteiger partial charge in [-0.1, -0.05) is 61.9 Å². The fourth-order valence-corrected chi connectivity index (χ4v) is 3.58. The van der Waals surface area contributed by atoms with Gasteiger partial charge in [-0.15, -0.1) is 0 Å². The normalized spacial score (nSPS) is 10.4. The van der Waals surface area contributed by atoms with Gasteiger partial charge in [0.25, 0.3) is 0 Å². The second-order valence-corrected chi connectivity index (χ2v) is 7.28. The molecule has 0 fully saturated rings. The highest BCUT2D eigenvalue weighted by Gasteiger charge is 2.20. The SMILES string of the molecule is CCCCN(Cc1ccccc1)C(=S)N(c1ccccc1)c1ccc(OC)cc1. The van der Waals surface area contributed by atoms with Crippen molar-refractivity contribution < 1.29 is 4.74 Å². The Morgan fingerprint density at radius 2 is 1.41 bits per heavy atom. The van der Waals surface area contributed by atoms with Crippen LogP contribution in [-0.4, -0.2) is 23.7 Å². The number of para-hydroxylation sites is 1. The zero-order chi connectivity index (χ0) is 20.5. The van der Waals surface area contributed by atoms with Gasteiger partial charge in [0, 0.05) is 24.5 Å². The molecule has 0 atom stereocenters. The van der Waals surface area contributed by atoms with Crippen LogP contribution in [0, 0.1) is 0 Å². The molecule has 3 aromatic rings. The minimum absolute atomic E-state index is 0.791. The monoisotopic (exact) mass is 404 g/mol. The van der Waals surface area contributed by atoms with Crippen LogP contribution in [0.1, 0.15) is 25.3 Å². The molecule has 0 N–H and O–H groups in total. The maximum absolute atomic E-state index is 6.06. The third-order valence-electron chi connectivity index (χ3n) is 4.80. The molecule has 0 unspecified atom stereocenters. The maximum Gasteiger partial charge on any atom is 0.181 e. The number of anilines is 2. The molecule has 0 aromatic heterocycles. The summed E-state index contributed by atoms with van der Waals surface area (Å²) in [5.74, 6) is 0.833. The molecular formula is C25H28N2OS. The topological polar surface area (TPSA) is 15.7 Å². The summed E-state index contributed by atoms with van der Waals surface area (Å²) in [6, 6.07) is 28.9. The summed E-state index contributed by atoms with van der Waals surface area (Å²) in [5, 5.41) is 0.804. The van der Waals surface area contributed by atoms with E-state index in [1.165, 1.54) is 5.56 Å². The van der Waals surface area contributed by atoms with E-state index in [4.69, 9.17) is 17.0 Å². The summed E-state index contributed by atoms with van der Waals surface area (Å²) in [5.41, 5.74) is 3.34. The number of hydrogen-bond acceptors (Lipinski definition) is 2. The van der Waals surface area contributed by atoms with Crippen LogP contribution in [0.4, 0.5) is 11.4 Å². The lowest BCUT2D eigenvalue weighted by atomic mass is 10.2. The Morgan fingerprint density at radius 3 is 2.00 bits per heavy atom. The number of nitrogens with zero attached hydrogens (tertiary/aromatic N) is 2. The highest BCUT2D eigenvalue weighted by molar-refractivity contribution is 7.80. The molecule has 29 heavy (non-hydrogen) atoms. The number of rotatable bonds is 8. The molecule has 0 radical (unpaired) electrons. The Bertz CT molecular complexity index is 882. The Morgan fingerprint density at radius 1 is 0.828 bits per heavy atom. The number of thiocarbonyl (C=S) groups is 1. The second kappa shape index (κ2) is 10.6. The van der Waals surface area contributed by atoms with Crippen LogP contribution in [0.2, 0.25) is 0 Å². The first-order valence-electron chi connectivity index (χ1n) is 10.0. The van der Waals surface area contributed by atoms with Gasteiger partial charge in [0.1, 0.15) is 5.75 Å². The molecule has 0 saturated heterocycles. The van der Waals surface area contributed by atoms with Crippen LogP contribution >= 0.6 is 12.2 Å². The smallest absolute Gasteiger partial charge is 0.181 e. The number of benzene rings is 3. The molecule has 0 saturated carbocycles. The highest BCUT2D eigenvalue weighted by Crippen LogP contribution is 2.29. The molecule has 0 aliphatic heterocycles. The molecule has 4 heteroatoms. The summed E-state index contributed by atoms with van der Waals surface area (Å²) in [6.45, 7) is 3.92. The summed E-state index contributed by atoms with van der Waals surface area (Å²) >= 11 is 6.06. The third kappa shape index (κ3) is 5.58. The highest BCUT2D eigenvalue weighted by atomic mass is 32.1. The van der Waals surface area contributed by atoms with Gasteiger partial charge in [0.15, 0.2) is 5.11 Å². The lowest BCUT2D eigenvalue weighted by Gasteiger charge is -2.34. The van der Waals surface area contributed by atoms with E-state index in [1.54, 1.807) is 7.11 Å². The van der Waals surface area contributed by atoms with Crippen molar-refractivity contribution in [2.24, 2.45) is 0 Å². The first kappa shape index (κ1) is 20.9. The molecule has 0 aliphatic carbocycles. The van der Waals surface area contributed by atoms with Crippen molar-refractivity contribution in [1.82, 2.24) is 4.90 Å². The van der Waals surface area contributed by atoms with Crippen LogP contribution in [-0.2, 0) is 6.54 Å². The minimum Gasteiger partial charge on any atom is -0.497 e. The number of hydrogen-bond donors (Lipinski definition) is 0. The molecule has 0 heterocycles. The molecule has 150 valence electrons. The van der Waals surface area contributed by atoms with Gasteiger partial charge in [0.05, 0.1) is 7.11 Å². The summed E-state index contributed by atoms with van der Waals surface area (Å²) in [4.78, 5) is 4.44. The van der Waals surface area contributed by atoms with Gasteiger partial charge in [-0.2, -0.15) is 0 Å². The predicted molar refractivity (Wildman–Crippen MR) is 126 cm³/mol. The zero-order valence-electron chi connectivity index (χ0n) is 17.1. The van der Waals surface area contributed by atoms with Crippen LogP contribution in [0.5, 0.6) is 5.75 Å². The predicted octanol–water partition coefficient (Wildman–Crippen LogP) is 6.42. The Kier molecular flexibility index (Phi) is 7.65. The molecule has 3 aromatic carbocycles. The van der Waals surface area contributed by atoms with E-state index < -0.39 is 0 Å². The molecule has 3 nitrogen and oxygen atoms in total. The lowest BCUT2D eigenvalue weighted by Crippen LogP contribution is -2.40. The first-order chi connectivity index (χ1) is 14.2. The van der Waals surface area contributed by atoms with Gasteiger partial charge in [0.2, 0.25) is 0 Å². The van der Waals surface area contributed by atoms with E-state index >= 15 is 0 Å². The quantitative estimate of drug-likeness (QED) is 0.402. The number of unbranched alkanes of at least 4 members (excludes halogenated alkanes) is 1. The Labute approximate surface area is 179 Å². The first-order valence-corrected chi connectivity index (χ1v) is 10.5. The van der Waals surface area contributed by atoms with Crippen molar-refractivity contribution in [3.05, 3.63) is 90.5 Å². The average Bonchev–Trinajstić information content (AvgIpc) is 2.78. The van der Waals surface area contributed by atoms with Crippen LogP contribution in [0.25, 0.3) is 0 Å². The third-order valence-corrected chi connectivity index (χ3v) is 5.25. The average molecular weight is 405 g/mol. The molecular weight excluding hydrogens is 376 g/mol. The molecule has 0 aliphatic rings. The van der Waals surface area contributed by atoms with Gasteiger partial charge < -0.3 is 9.64 Å². The van der Waals surface area contributed by atoms with E-state index in [2.05, 4.69) is 65.3 Å². The van der Waals surface area contributed by atoms with Crippen LogP contribution < -0.4 is 9.64 Å². The van der Waals surface area contributed by atoms with Crippen molar-refractivity contribution in [2.45, 2.75) is 26.3 Å². The summed E-state index contributed by atoms with van der Waals surface area (Å²) < 4.78 is 5.33. The number of ether oxygens (including phenoxy) is 1. The van der Waals surface area contributed by atoms with Crippen molar-refractivity contribution >= 4 is 28.7 Å². The maximum atomic E-state index is 6.06. The fraction of sp³-hybridized carbons (Fsp3) is 0.240. The summed E-state index contributed by atoms with van der Waals surface area (Å²) in [7, 11) is 1.68. The van der Waals surface area contributed by atoms with E-state index in [9.17, 15) is 0 Å². The Hall–Kier alpha value is -2.85. The molecule has 0 bridgehead atoms. The standard InChI is InChI=1S/C25H28N2OS/c1-3-4-19-26(20-21-11-7-5-8-12-21)25(29)27(22-13-9-6-10-14-22)23-15-17-24(28-2)18-16-23/h5-18H,3-4,19-20H2,1-2H3. The zero-order valence-corrected chi connectivity index (χ0v) is 17.9. The van der Waals surface area contributed by atoms with Gasteiger partial charge >= 0.3 is 0 Å². The van der Waals surface area contributed by atoms with Crippen LogP contribution in [0.15, 0.2) is 84.9 Å². The summed E-state index contributed by atoms with van der Waals surface area (Å²) in [6.07, 6.45) is 2.22. The van der Waals surface area contributed by atoms with Gasteiger partial charge in [-0.3, -0.25) is 4.90 Å². The number of methoxy groups -OCH3 is 1. The van der Waals surface area contributed by atoms with E-state index in [0.717, 1.165) is 48.2 Å². The van der Waals surface area contributed by atoms with E-state index in [0.29, 0.717) is 0 Å². The molecule has 0 amide bonds. The lowest BCUT2D eigenvalue weighted by molar-refractivity contribution is 0.404. The fourth-order valence-electron chi connectivity index (χ4n) is 3.21. The van der Waals surface area contributed by atoms with Crippen LogP contribution in [0.3, 0.4) is 0 Å².